The van der Waals surface area contributed by atoms with Crippen molar-refractivity contribution < 1.29 is 14.7 Å². The van der Waals surface area contributed by atoms with Gasteiger partial charge in [0.25, 0.3) is 0 Å². The lowest BCUT2D eigenvalue weighted by atomic mass is 10.1. The predicted octanol–water partition coefficient (Wildman–Crippen LogP) is 2.01. The van der Waals surface area contributed by atoms with Crippen molar-refractivity contribution in [3.63, 3.8) is 0 Å². The summed E-state index contributed by atoms with van der Waals surface area (Å²) in [6.45, 7) is 4.20. The highest BCUT2D eigenvalue weighted by molar-refractivity contribution is 5.79. The first-order valence-electron chi connectivity index (χ1n) is 7.58. The van der Waals surface area contributed by atoms with E-state index < -0.39 is 5.97 Å². The maximum Gasteiger partial charge on any atom is 0.303 e. The molecule has 0 saturated carbocycles. The Kier molecular flexibility index (Phi) is 5.51. The molecular formula is C17H21N3O3. The smallest absolute Gasteiger partial charge is 0.303 e. The van der Waals surface area contributed by atoms with Crippen LogP contribution < -0.4 is 5.32 Å². The first-order valence-corrected chi connectivity index (χ1v) is 7.58. The number of nitrogens with zero attached hydrogens (tertiary/aromatic N) is 2. The van der Waals surface area contributed by atoms with E-state index in [1.54, 1.807) is 0 Å². The van der Waals surface area contributed by atoms with Crippen LogP contribution >= 0.6 is 0 Å². The van der Waals surface area contributed by atoms with Crippen molar-refractivity contribution in [1.82, 2.24) is 15.1 Å². The molecule has 6 nitrogen and oxygen atoms in total. The molecule has 1 aromatic heterocycles. The molecular weight excluding hydrogens is 294 g/mol. The lowest BCUT2D eigenvalue weighted by Crippen LogP contribution is -2.26. The van der Waals surface area contributed by atoms with E-state index in [1.807, 2.05) is 48.9 Å². The Morgan fingerprint density at radius 3 is 2.57 bits per heavy atom. The number of carboxylic acids is 1. The number of aromatic nitrogens is 2. The lowest BCUT2D eigenvalue weighted by Gasteiger charge is -2.06. The zero-order valence-corrected chi connectivity index (χ0v) is 13.4. The van der Waals surface area contributed by atoms with Gasteiger partial charge in [0.05, 0.1) is 17.8 Å². The summed E-state index contributed by atoms with van der Waals surface area (Å²) in [6.07, 6.45) is 0.740. The number of hydrogen-bond donors (Lipinski definition) is 2. The fraction of sp³-hybridized carbons (Fsp3) is 0.353. The SMILES string of the molecule is Cc1nn(-c2ccccc2)c(C)c1CC(=O)NCCCC(=O)O. The summed E-state index contributed by atoms with van der Waals surface area (Å²) in [5, 5.41) is 15.8. The van der Waals surface area contributed by atoms with E-state index in [0.717, 1.165) is 22.6 Å². The van der Waals surface area contributed by atoms with Crippen molar-refractivity contribution in [2.24, 2.45) is 0 Å². The molecule has 122 valence electrons. The third kappa shape index (κ3) is 4.42. The Morgan fingerprint density at radius 2 is 1.91 bits per heavy atom. The second kappa shape index (κ2) is 7.58. The van der Waals surface area contributed by atoms with Crippen LogP contribution in [0.5, 0.6) is 0 Å². The maximum atomic E-state index is 12.0. The van der Waals surface area contributed by atoms with E-state index in [2.05, 4.69) is 10.4 Å². The lowest BCUT2D eigenvalue weighted by molar-refractivity contribution is -0.137. The molecule has 0 unspecified atom stereocenters. The average Bonchev–Trinajstić information content (AvgIpc) is 2.80. The molecule has 1 amide bonds. The van der Waals surface area contributed by atoms with E-state index >= 15 is 0 Å². The maximum absolute atomic E-state index is 12.0. The van der Waals surface area contributed by atoms with Crippen molar-refractivity contribution in [2.75, 3.05) is 6.54 Å². The van der Waals surface area contributed by atoms with E-state index in [4.69, 9.17) is 5.11 Å². The number of para-hydroxylation sites is 1. The van der Waals surface area contributed by atoms with Gasteiger partial charge in [-0.2, -0.15) is 5.10 Å². The fourth-order valence-corrected chi connectivity index (χ4v) is 2.44. The van der Waals surface area contributed by atoms with Crippen LogP contribution in [0.15, 0.2) is 30.3 Å². The van der Waals surface area contributed by atoms with Crippen molar-refractivity contribution in [3.8, 4) is 5.69 Å². The highest BCUT2D eigenvalue weighted by atomic mass is 16.4. The zero-order valence-electron chi connectivity index (χ0n) is 13.4. The molecule has 0 radical (unpaired) electrons. The largest absolute Gasteiger partial charge is 0.481 e. The third-order valence-electron chi connectivity index (χ3n) is 3.67. The molecule has 1 heterocycles. The van der Waals surface area contributed by atoms with Crippen LogP contribution in [0.1, 0.15) is 29.8 Å². The Balaban J connectivity index is 2.02. The van der Waals surface area contributed by atoms with E-state index in [-0.39, 0.29) is 18.7 Å². The second-order valence-corrected chi connectivity index (χ2v) is 5.42. The van der Waals surface area contributed by atoms with Gasteiger partial charge in [0, 0.05) is 24.2 Å². The summed E-state index contributed by atoms with van der Waals surface area (Å²) in [5.74, 6) is -0.968. The molecule has 2 rings (SSSR count). The van der Waals surface area contributed by atoms with Gasteiger partial charge in [-0.3, -0.25) is 9.59 Å². The van der Waals surface area contributed by atoms with Crippen LogP contribution in [-0.4, -0.2) is 33.3 Å². The number of carbonyl (C=O) groups is 2. The molecule has 23 heavy (non-hydrogen) atoms. The Labute approximate surface area is 135 Å². The number of rotatable bonds is 7. The summed E-state index contributed by atoms with van der Waals surface area (Å²) >= 11 is 0. The molecule has 2 aromatic rings. The molecule has 6 heteroatoms. The fourth-order valence-electron chi connectivity index (χ4n) is 2.44. The van der Waals surface area contributed by atoms with Crippen LogP contribution in [-0.2, 0) is 16.0 Å². The molecule has 0 spiro atoms. The molecule has 0 fully saturated rings. The predicted molar refractivity (Wildman–Crippen MR) is 86.6 cm³/mol. The number of hydrogen-bond acceptors (Lipinski definition) is 3. The molecule has 0 atom stereocenters. The van der Waals surface area contributed by atoms with Crippen molar-refractivity contribution in [1.29, 1.82) is 0 Å². The minimum Gasteiger partial charge on any atom is -0.481 e. The summed E-state index contributed by atoms with van der Waals surface area (Å²) < 4.78 is 1.84. The van der Waals surface area contributed by atoms with Gasteiger partial charge in [0.1, 0.15) is 0 Å². The van der Waals surface area contributed by atoms with Crippen molar-refractivity contribution >= 4 is 11.9 Å². The van der Waals surface area contributed by atoms with Gasteiger partial charge in [-0.05, 0) is 32.4 Å². The van der Waals surface area contributed by atoms with E-state index in [1.165, 1.54) is 0 Å². The monoisotopic (exact) mass is 315 g/mol. The summed E-state index contributed by atoms with van der Waals surface area (Å²) in [4.78, 5) is 22.4. The highest BCUT2D eigenvalue weighted by Gasteiger charge is 2.15. The summed E-state index contributed by atoms with van der Waals surface area (Å²) in [5.41, 5.74) is 3.63. The quantitative estimate of drug-likeness (QED) is 0.766. The Bertz CT molecular complexity index is 693. The summed E-state index contributed by atoms with van der Waals surface area (Å²) in [7, 11) is 0. The van der Waals surface area contributed by atoms with Crippen LogP contribution in [0.3, 0.4) is 0 Å². The van der Waals surface area contributed by atoms with E-state index in [9.17, 15) is 9.59 Å². The Morgan fingerprint density at radius 1 is 1.22 bits per heavy atom. The summed E-state index contributed by atoms with van der Waals surface area (Å²) in [6, 6.07) is 9.77. The van der Waals surface area contributed by atoms with E-state index in [0.29, 0.717) is 13.0 Å². The number of aliphatic carboxylic acids is 1. The van der Waals surface area contributed by atoms with Crippen LogP contribution in [0.2, 0.25) is 0 Å². The minimum atomic E-state index is -0.852. The molecule has 0 saturated heterocycles. The Hall–Kier alpha value is -2.63. The van der Waals surface area contributed by atoms with Gasteiger partial charge in [0.15, 0.2) is 0 Å². The zero-order chi connectivity index (χ0) is 16.8. The van der Waals surface area contributed by atoms with Gasteiger partial charge < -0.3 is 10.4 Å². The number of aryl methyl sites for hydroxylation is 1. The molecule has 1 aromatic carbocycles. The molecule has 0 aliphatic carbocycles. The standard InChI is InChI=1S/C17H21N3O3/c1-12-15(11-16(21)18-10-6-9-17(22)23)13(2)20(19-12)14-7-4-3-5-8-14/h3-5,7-8H,6,9-11H2,1-2H3,(H,18,21)(H,22,23). The number of carboxylic acid groups (broad SMARTS) is 1. The van der Waals surface area contributed by atoms with Crippen LogP contribution in [0.25, 0.3) is 5.69 Å². The van der Waals surface area contributed by atoms with Gasteiger partial charge in [-0.1, -0.05) is 18.2 Å². The number of carbonyl (C=O) groups excluding carboxylic acids is 1. The van der Waals surface area contributed by atoms with Gasteiger partial charge in [-0.15, -0.1) is 0 Å². The van der Waals surface area contributed by atoms with Gasteiger partial charge in [0.2, 0.25) is 5.91 Å². The third-order valence-corrected chi connectivity index (χ3v) is 3.67. The highest BCUT2D eigenvalue weighted by Crippen LogP contribution is 2.18. The second-order valence-electron chi connectivity index (χ2n) is 5.42. The van der Waals surface area contributed by atoms with Gasteiger partial charge >= 0.3 is 5.97 Å². The van der Waals surface area contributed by atoms with Crippen LogP contribution in [0, 0.1) is 13.8 Å². The van der Waals surface area contributed by atoms with Crippen LogP contribution in [0.4, 0.5) is 0 Å². The van der Waals surface area contributed by atoms with Gasteiger partial charge in [-0.25, -0.2) is 4.68 Å². The topological polar surface area (TPSA) is 84.2 Å². The number of benzene rings is 1. The number of amides is 1. The minimum absolute atomic E-state index is 0.0598. The first-order chi connectivity index (χ1) is 11.0. The van der Waals surface area contributed by atoms with Crippen molar-refractivity contribution in [3.05, 3.63) is 47.3 Å². The average molecular weight is 315 g/mol. The molecule has 2 N–H and O–H groups in total. The number of nitrogens with one attached hydrogen (secondary N) is 1. The molecule has 0 bridgehead atoms. The molecule has 0 aliphatic heterocycles. The first kappa shape index (κ1) is 16.7. The molecule has 0 aliphatic rings. The van der Waals surface area contributed by atoms with Crippen molar-refractivity contribution in [2.45, 2.75) is 33.1 Å². The normalized spacial score (nSPS) is 10.5.